The van der Waals surface area contributed by atoms with Crippen molar-refractivity contribution >= 4 is 34.7 Å². The Morgan fingerprint density at radius 2 is 0.881 bits per heavy atom. The first-order valence-corrected chi connectivity index (χ1v) is 12.4. The number of hydrogen-bond donors (Lipinski definition) is 0. The monoisotopic (exact) mass is 564 g/mol. The van der Waals surface area contributed by atoms with Crippen molar-refractivity contribution in [2.24, 2.45) is 10.3 Å². The second-order valence-corrected chi connectivity index (χ2v) is 9.11. The molecule has 6 rings (SSSR count). The van der Waals surface area contributed by atoms with Gasteiger partial charge >= 0.3 is 11.9 Å². The van der Waals surface area contributed by atoms with Crippen molar-refractivity contribution in [2.75, 3.05) is 0 Å². The fraction of sp³-hybridized carbons (Fsp3) is 0.0667. The maximum Gasteiger partial charge on any atom is 0.332 e. The van der Waals surface area contributed by atoms with Gasteiger partial charge in [-0.2, -0.15) is 0 Å². The van der Waals surface area contributed by atoms with Crippen LogP contribution in [0.4, 0.5) is 11.4 Å². The molecule has 12 nitrogen and oxygen atoms in total. The molecule has 2 aliphatic rings. The van der Waals surface area contributed by atoms with Crippen LogP contribution >= 0.6 is 0 Å². The summed E-state index contributed by atoms with van der Waals surface area (Å²) < 4.78 is 0. The molecule has 0 amide bonds. The van der Waals surface area contributed by atoms with Gasteiger partial charge in [0, 0.05) is 60.4 Å². The van der Waals surface area contributed by atoms with E-state index in [0.717, 1.165) is 33.4 Å². The molecule has 0 aromatic heterocycles. The van der Waals surface area contributed by atoms with Crippen molar-refractivity contribution in [3.63, 3.8) is 0 Å². The Bertz CT molecular complexity index is 1730. The van der Waals surface area contributed by atoms with E-state index in [1.54, 1.807) is 12.1 Å². The van der Waals surface area contributed by atoms with Crippen molar-refractivity contribution < 1.29 is 29.1 Å². The summed E-state index contributed by atoms with van der Waals surface area (Å²) in [6.07, 6.45) is 0. The molecule has 0 heterocycles. The van der Waals surface area contributed by atoms with Crippen LogP contribution in [0.3, 0.4) is 0 Å². The topological polar surface area (TPSA) is 164 Å². The van der Waals surface area contributed by atoms with E-state index in [4.69, 9.17) is 9.68 Å². The summed E-state index contributed by atoms with van der Waals surface area (Å²) in [6, 6.07) is 24.0. The van der Waals surface area contributed by atoms with Crippen LogP contribution in [0.5, 0.6) is 0 Å². The quantitative estimate of drug-likeness (QED) is 0.148. The average molecular weight is 565 g/mol. The van der Waals surface area contributed by atoms with Crippen LogP contribution in [0, 0.1) is 20.2 Å². The number of nitrogens with zero attached hydrogens (tertiary/aromatic N) is 4. The van der Waals surface area contributed by atoms with Crippen molar-refractivity contribution in [2.45, 2.75) is 13.8 Å². The number of non-ortho nitro benzene ring substituents is 2. The Morgan fingerprint density at radius 3 is 1.21 bits per heavy atom. The van der Waals surface area contributed by atoms with Crippen molar-refractivity contribution in [3.8, 4) is 22.3 Å². The van der Waals surface area contributed by atoms with E-state index in [9.17, 15) is 29.8 Å². The van der Waals surface area contributed by atoms with E-state index in [-0.39, 0.29) is 11.4 Å². The Hall–Kier alpha value is -6.04. The molecule has 0 N–H and O–H groups in total. The third-order valence-corrected chi connectivity index (χ3v) is 6.41. The van der Waals surface area contributed by atoms with E-state index in [2.05, 4.69) is 10.3 Å². The SMILES string of the molecule is CC(=O)O/N=C1/c2ccccc2-c2ccc([N+](=O)[O-])cc21.CC(=O)O/N=C1/c2ccccc2-c2ccc([N+](=O)[O-])cc21. The molecule has 0 saturated heterocycles. The second-order valence-electron chi connectivity index (χ2n) is 9.11. The number of rotatable bonds is 4. The zero-order valence-corrected chi connectivity index (χ0v) is 22.1. The normalized spacial score (nSPS) is 13.7. The highest BCUT2D eigenvalue weighted by Gasteiger charge is 2.28. The number of hydrogen-bond acceptors (Lipinski definition) is 10. The third kappa shape index (κ3) is 5.23. The molecule has 208 valence electrons. The van der Waals surface area contributed by atoms with Crippen molar-refractivity contribution in [1.82, 2.24) is 0 Å². The molecule has 2 aliphatic carbocycles. The van der Waals surface area contributed by atoms with Gasteiger partial charge in [0.25, 0.3) is 11.4 Å². The minimum atomic E-state index is -0.543. The number of fused-ring (bicyclic) bond motifs is 6. The standard InChI is InChI=1S/2C15H10N2O4/c2*1-9(18)21-16-15-13-5-3-2-4-11(13)12-7-6-10(17(19)20)8-14(12)15/h2*2-8H,1H3/b2*16-15-. The summed E-state index contributed by atoms with van der Waals surface area (Å²) >= 11 is 0. The van der Waals surface area contributed by atoms with Gasteiger partial charge in [-0.05, 0) is 34.4 Å². The highest BCUT2D eigenvalue weighted by atomic mass is 16.7. The molecular formula is C30H20N4O8. The summed E-state index contributed by atoms with van der Waals surface area (Å²) in [5, 5.41) is 29.6. The van der Waals surface area contributed by atoms with E-state index in [1.807, 2.05) is 48.5 Å². The van der Waals surface area contributed by atoms with Gasteiger partial charge in [-0.15, -0.1) is 0 Å². The van der Waals surface area contributed by atoms with Crippen LogP contribution in [0.15, 0.2) is 95.2 Å². The molecule has 0 saturated carbocycles. The number of oxime groups is 2. The predicted octanol–water partition coefficient (Wildman–Crippen LogP) is 5.78. The fourth-order valence-electron chi connectivity index (χ4n) is 4.71. The molecule has 0 aliphatic heterocycles. The minimum Gasteiger partial charge on any atom is -0.318 e. The van der Waals surface area contributed by atoms with Gasteiger partial charge in [-0.3, -0.25) is 20.2 Å². The smallest absolute Gasteiger partial charge is 0.318 e. The lowest BCUT2D eigenvalue weighted by molar-refractivity contribution is -0.385. The lowest BCUT2D eigenvalue weighted by Gasteiger charge is -2.00. The van der Waals surface area contributed by atoms with E-state index in [1.165, 1.54) is 38.1 Å². The molecule has 0 atom stereocenters. The lowest BCUT2D eigenvalue weighted by atomic mass is 10.1. The molecule has 0 unspecified atom stereocenters. The third-order valence-electron chi connectivity index (χ3n) is 6.41. The van der Waals surface area contributed by atoms with Crippen LogP contribution in [-0.4, -0.2) is 33.2 Å². The molecule has 0 bridgehead atoms. The minimum absolute atomic E-state index is 0.0305. The molecule has 0 spiro atoms. The Morgan fingerprint density at radius 1 is 0.548 bits per heavy atom. The number of carbonyl (C=O) groups is 2. The van der Waals surface area contributed by atoms with Crippen LogP contribution in [-0.2, 0) is 19.3 Å². The summed E-state index contributed by atoms with van der Waals surface area (Å²) in [6.45, 7) is 2.50. The Kier molecular flexibility index (Phi) is 7.35. The van der Waals surface area contributed by atoms with E-state index in [0.29, 0.717) is 22.6 Å². The van der Waals surface area contributed by atoms with Gasteiger partial charge < -0.3 is 9.68 Å². The average Bonchev–Trinajstić information content (AvgIpc) is 3.46. The lowest BCUT2D eigenvalue weighted by Crippen LogP contribution is -2.02. The second kappa shape index (κ2) is 11.2. The Labute approximate surface area is 237 Å². The summed E-state index contributed by atoms with van der Waals surface area (Å²) in [7, 11) is 0. The molecule has 4 aromatic rings. The van der Waals surface area contributed by atoms with Crippen molar-refractivity contribution in [3.05, 3.63) is 127 Å². The highest BCUT2D eigenvalue weighted by molar-refractivity contribution is 6.25. The molecule has 42 heavy (non-hydrogen) atoms. The van der Waals surface area contributed by atoms with Crippen LogP contribution in [0.2, 0.25) is 0 Å². The summed E-state index contributed by atoms with van der Waals surface area (Å²) in [5.74, 6) is -1.09. The number of benzene rings is 4. The maximum atomic E-state index is 11.0. The van der Waals surface area contributed by atoms with Gasteiger partial charge in [0.05, 0.1) is 9.85 Å². The zero-order chi connectivity index (χ0) is 30.0. The van der Waals surface area contributed by atoms with Gasteiger partial charge in [-0.25, -0.2) is 9.59 Å². The maximum absolute atomic E-state index is 11.0. The first kappa shape index (κ1) is 27.5. The van der Waals surface area contributed by atoms with Crippen molar-refractivity contribution in [1.29, 1.82) is 0 Å². The number of nitro benzene ring substituents is 2. The summed E-state index contributed by atoms with van der Waals surface area (Å²) in [4.78, 5) is 52.3. The van der Waals surface area contributed by atoms with E-state index < -0.39 is 21.8 Å². The zero-order valence-electron chi connectivity index (χ0n) is 22.1. The molecule has 4 aromatic carbocycles. The first-order chi connectivity index (χ1) is 20.2. The van der Waals surface area contributed by atoms with Gasteiger partial charge in [0.2, 0.25) is 0 Å². The van der Waals surface area contributed by atoms with Crippen LogP contribution < -0.4 is 0 Å². The summed E-state index contributed by atoms with van der Waals surface area (Å²) in [5.41, 5.74) is 7.04. The van der Waals surface area contributed by atoms with Crippen LogP contribution in [0.25, 0.3) is 22.3 Å². The largest absolute Gasteiger partial charge is 0.332 e. The van der Waals surface area contributed by atoms with Gasteiger partial charge in [0.15, 0.2) is 0 Å². The molecule has 0 radical (unpaired) electrons. The van der Waals surface area contributed by atoms with E-state index >= 15 is 0 Å². The Balaban J connectivity index is 0.000000168. The number of nitro groups is 2. The predicted molar refractivity (Wildman–Crippen MR) is 152 cm³/mol. The van der Waals surface area contributed by atoms with Crippen LogP contribution in [0.1, 0.15) is 36.1 Å². The highest BCUT2D eigenvalue weighted by Crippen LogP contribution is 2.39. The fourth-order valence-corrected chi connectivity index (χ4v) is 4.71. The number of carbonyl (C=O) groups excluding carboxylic acids is 2. The molecule has 0 fully saturated rings. The molecular weight excluding hydrogens is 544 g/mol. The first-order valence-electron chi connectivity index (χ1n) is 12.4. The molecule has 12 heteroatoms. The van der Waals surface area contributed by atoms with Gasteiger partial charge in [-0.1, -0.05) is 58.8 Å². The van der Waals surface area contributed by atoms with Gasteiger partial charge in [0.1, 0.15) is 11.4 Å².